The van der Waals surface area contributed by atoms with Crippen molar-refractivity contribution in [2.24, 2.45) is 5.92 Å². The van der Waals surface area contributed by atoms with Crippen LogP contribution >= 0.6 is 0 Å². The molecule has 1 N–H and O–H groups in total. The van der Waals surface area contributed by atoms with Gasteiger partial charge in [-0.2, -0.15) is 0 Å². The van der Waals surface area contributed by atoms with Gasteiger partial charge in [-0.05, 0) is 32.6 Å². The van der Waals surface area contributed by atoms with E-state index in [9.17, 15) is 5.11 Å². The van der Waals surface area contributed by atoms with Crippen molar-refractivity contribution in [3.05, 3.63) is 11.9 Å². The van der Waals surface area contributed by atoms with E-state index in [1.54, 1.807) is 13.8 Å². The van der Waals surface area contributed by atoms with Gasteiger partial charge in [-0.1, -0.05) is 25.0 Å². The Morgan fingerprint density at radius 1 is 1.44 bits per heavy atom. The van der Waals surface area contributed by atoms with E-state index in [2.05, 4.69) is 17.2 Å². The lowest BCUT2D eigenvalue weighted by Gasteiger charge is -2.26. The van der Waals surface area contributed by atoms with Gasteiger partial charge in [-0.25, -0.2) is 4.68 Å². The fourth-order valence-electron chi connectivity index (χ4n) is 2.38. The Morgan fingerprint density at radius 2 is 2.19 bits per heavy atom. The summed E-state index contributed by atoms with van der Waals surface area (Å²) in [4.78, 5) is 0. The molecule has 0 saturated heterocycles. The van der Waals surface area contributed by atoms with Crippen LogP contribution in [0.3, 0.4) is 0 Å². The fourth-order valence-corrected chi connectivity index (χ4v) is 2.38. The van der Waals surface area contributed by atoms with Crippen LogP contribution in [0, 0.1) is 5.92 Å². The van der Waals surface area contributed by atoms with Gasteiger partial charge in [0.25, 0.3) is 0 Å². The molecule has 1 fully saturated rings. The summed E-state index contributed by atoms with van der Waals surface area (Å²) in [5.74, 6) is 0.772. The number of aromatic nitrogens is 3. The van der Waals surface area contributed by atoms with Crippen LogP contribution in [0.2, 0.25) is 0 Å². The minimum atomic E-state index is -0.890. The van der Waals surface area contributed by atoms with Crippen LogP contribution in [0.4, 0.5) is 0 Å². The molecule has 16 heavy (non-hydrogen) atoms. The smallest absolute Gasteiger partial charge is 0.114 e. The maximum atomic E-state index is 9.84. The third-order valence-electron chi connectivity index (χ3n) is 3.42. The zero-order chi connectivity index (χ0) is 11.8. The first-order valence-corrected chi connectivity index (χ1v) is 6.11. The van der Waals surface area contributed by atoms with Crippen molar-refractivity contribution in [1.29, 1.82) is 0 Å². The predicted octanol–water partition coefficient (Wildman–Crippen LogP) is 2.26. The van der Waals surface area contributed by atoms with Crippen molar-refractivity contribution in [1.82, 2.24) is 15.0 Å². The molecule has 4 nitrogen and oxygen atoms in total. The number of hydrogen-bond donors (Lipinski definition) is 1. The summed E-state index contributed by atoms with van der Waals surface area (Å²) >= 11 is 0. The second-order valence-corrected chi connectivity index (χ2v) is 5.57. The Hall–Kier alpha value is -0.900. The second kappa shape index (κ2) is 4.17. The van der Waals surface area contributed by atoms with Crippen LogP contribution in [0.1, 0.15) is 58.2 Å². The first-order chi connectivity index (χ1) is 7.47. The first kappa shape index (κ1) is 11.6. The summed E-state index contributed by atoms with van der Waals surface area (Å²) in [6, 6.07) is 0.465. The minimum Gasteiger partial charge on any atom is -0.384 e. The lowest BCUT2D eigenvalue weighted by atomic mass is 9.87. The molecule has 1 saturated carbocycles. The van der Waals surface area contributed by atoms with E-state index in [0.29, 0.717) is 11.7 Å². The number of aliphatic hydroxyl groups is 1. The van der Waals surface area contributed by atoms with E-state index >= 15 is 0 Å². The Bertz CT molecular complexity index is 353. The van der Waals surface area contributed by atoms with Crippen molar-refractivity contribution in [2.75, 3.05) is 0 Å². The predicted molar refractivity (Wildman–Crippen MR) is 61.9 cm³/mol. The van der Waals surface area contributed by atoms with Gasteiger partial charge in [0.2, 0.25) is 0 Å². The van der Waals surface area contributed by atoms with Gasteiger partial charge in [0, 0.05) is 0 Å². The molecule has 0 spiro atoms. The van der Waals surface area contributed by atoms with Gasteiger partial charge >= 0.3 is 0 Å². The first-order valence-electron chi connectivity index (χ1n) is 6.11. The van der Waals surface area contributed by atoms with Gasteiger partial charge in [0.05, 0.1) is 12.2 Å². The molecule has 2 rings (SSSR count). The van der Waals surface area contributed by atoms with E-state index < -0.39 is 5.60 Å². The Labute approximate surface area is 96.7 Å². The average Bonchev–Trinajstić information content (AvgIpc) is 2.65. The molecule has 2 unspecified atom stereocenters. The van der Waals surface area contributed by atoms with E-state index in [4.69, 9.17) is 0 Å². The largest absolute Gasteiger partial charge is 0.384 e. The van der Waals surface area contributed by atoms with Crippen LogP contribution in [0.25, 0.3) is 0 Å². The fraction of sp³-hybridized carbons (Fsp3) is 0.833. The van der Waals surface area contributed by atoms with E-state index in [0.717, 1.165) is 5.92 Å². The zero-order valence-electron chi connectivity index (χ0n) is 10.3. The molecule has 90 valence electrons. The lowest BCUT2D eigenvalue weighted by molar-refractivity contribution is 0.0737. The SMILES string of the molecule is CC1CCCC(n2cc(C(C)(C)O)nn2)C1. The van der Waals surface area contributed by atoms with Crippen LogP contribution in [-0.4, -0.2) is 20.1 Å². The zero-order valence-corrected chi connectivity index (χ0v) is 10.3. The molecule has 0 aliphatic heterocycles. The maximum Gasteiger partial charge on any atom is 0.114 e. The van der Waals surface area contributed by atoms with Crippen molar-refractivity contribution < 1.29 is 5.11 Å². The minimum absolute atomic E-state index is 0.465. The highest BCUT2D eigenvalue weighted by Crippen LogP contribution is 2.32. The van der Waals surface area contributed by atoms with Crippen molar-refractivity contribution in [3.63, 3.8) is 0 Å². The van der Waals surface area contributed by atoms with Crippen LogP contribution in [0.5, 0.6) is 0 Å². The Morgan fingerprint density at radius 3 is 2.75 bits per heavy atom. The number of nitrogens with zero attached hydrogens (tertiary/aromatic N) is 3. The normalized spacial score (nSPS) is 27.0. The summed E-state index contributed by atoms with van der Waals surface area (Å²) < 4.78 is 1.93. The second-order valence-electron chi connectivity index (χ2n) is 5.57. The summed E-state index contributed by atoms with van der Waals surface area (Å²) in [5, 5.41) is 18.0. The molecular formula is C12H21N3O. The van der Waals surface area contributed by atoms with E-state index in [1.807, 2.05) is 10.9 Å². The van der Waals surface area contributed by atoms with E-state index in [-0.39, 0.29) is 0 Å². The summed E-state index contributed by atoms with van der Waals surface area (Å²) in [7, 11) is 0. The molecule has 1 aliphatic carbocycles. The van der Waals surface area contributed by atoms with Gasteiger partial charge in [0.1, 0.15) is 11.3 Å². The standard InChI is InChI=1S/C12H21N3O/c1-9-5-4-6-10(7-9)15-8-11(13-14-15)12(2,3)16/h8-10,16H,4-7H2,1-3H3. The Balaban J connectivity index is 2.12. The molecule has 0 aromatic carbocycles. The van der Waals surface area contributed by atoms with Crippen LogP contribution < -0.4 is 0 Å². The van der Waals surface area contributed by atoms with Crippen molar-refractivity contribution >= 4 is 0 Å². The van der Waals surface area contributed by atoms with Gasteiger partial charge in [-0.15, -0.1) is 5.10 Å². The van der Waals surface area contributed by atoms with Gasteiger partial charge in [-0.3, -0.25) is 0 Å². The highest BCUT2D eigenvalue weighted by atomic mass is 16.3. The molecule has 4 heteroatoms. The molecule has 0 bridgehead atoms. The molecule has 0 amide bonds. The van der Waals surface area contributed by atoms with Crippen LogP contribution in [-0.2, 0) is 5.60 Å². The molecule has 2 atom stereocenters. The summed E-state index contributed by atoms with van der Waals surface area (Å²) in [5.41, 5.74) is -0.232. The lowest BCUT2D eigenvalue weighted by Crippen LogP contribution is -2.18. The highest BCUT2D eigenvalue weighted by Gasteiger charge is 2.25. The molecule has 1 aromatic heterocycles. The van der Waals surface area contributed by atoms with Crippen molar-refractivity contribution in [3.8, 4) is 0 Å². The topological polar surface area (TPSA) is 50.9 Å². The average molecular weight is 223 g/mol. The van der Waals surface area contributed by atoms with Gasteiger partial charge in [0.15, 0.2) is 0 Å². The molecular weight excluding hydrogens is 202 g/mol. The summed E-state index contributed by atoms with van der Waals surface area (Å²) in [6.45, 7) is 5.77. The molecule has 1 aliphatic rings. The van der Waals surface area contributed by atoms with Crippen molar-refractivity contribution in [2.45, 2.75) is 58.1 Å². The molecule has 1 heterocycles. The highest BCUT2D eigenvalue weighted by molar-refractivity contribution is 5.03. The third-order valence-corrected chi connectivity index (χ3v) is 3.42. The van der Waals surface area contributed by atoms with Crippen LogP contribution in [0.15, 0.2) is 6.20 Å². The quantitative estimate of drug-likeness (QED) is 0.836. The van der Waals surface area contributed by atoms with E-state index in [1.165, 1.54) is 25.7 Å². The summed E-state index contributed by atoms with van der Waals surface area (Å²) in [6.07, 6.45) is 6.84. The monoisotopic (exact) mass is 223 g/mol. The Kier molecular flexibility index (Phi) is 3.02. The van der Waals surface area contributed by atoms with Gasteiger partial charge < -0.3 is 5.11 Å². The third kappa shape index (κ3) is 2.43. The number of hydrogen-bond acceptors (Lipinski definition) is 3. The maximum absolute atomic E-state index is 9.84. The molecule has 0 radical (unpaired) electrons. The molecule has 1 aromatic rings. The number of rotatable bonds is 2.